The maximum absolute atomic E-state index is 13.4. The van der Waals surface area contributed by atoms with E-state index in [4.69, 9.17) is 11.6 Å². The molecule has 0 bridgehead atoms. The van der Waals surface area contributed by atoms with Crippen molar-refractivity contribution in [3.05, 3.63) is 59.4 Å². The molecule has 0 aliphatic heterocycles. The van der Waals surface area contributed by atoms with Crippen molar-refractivity contribution in [2.45, 2.75) is 42.2 Å². The highest BCUT2D eigenvalue weighted by molar-refractivity contribution is 7.93. The molecule has 3 aromatic rings. The zero-order chi connectivity index (χ0) is 21.4. The molecule has 2 aromatic carbocycles. The lowest BCUT2D eigenvalue weighted by molar-refractivity contribution is -0.118. The Morgan fingerprint density at radius 1 is 1.07 bits per heavy atom. The molecule has 4 rings (SSSR count). The number of hydrogen-bond acceptors (Lipinski definition) is 5. The van der Waals surface area contributed by atoms with Gasteiger partial charge in [-0.25, -0.2) is 13.4 Å². The van der Waals surface area contributed by atoms with Crippen LogP contribution in [0.5, 0.6) is 0 Å². The maximum Gasteiger partial charge on any atom is 0.246 e. The van der Waals surface area contributed by atoms with Crippen LogP contribution in [0.1, 0.15) is 31.5 Å². The molecule has 0 unspecified atom stereocenters. The summed E-state index contributed by atoms with van der Waals surface area (Å²) < 4.78 is 25.3. The Morgan fingerprint density at radius 3 is 2.27 bits per heavy atom. The topological polar surface area (TPSA) is 105 Å². The number of rotatable bonds is 5. The number of halogens is 1. The van der Waals surface area contributed by atoms with Crippen LogP contribution in [-0.2, 0) is 14.6 Å². The Labute approximate surface area is 179 Å². The Hall–Kier alpha value is -2.71. The molecule has 9 heteroatoms. The number of aryl methyl sites for hydroxylation is 1. The van der Waals surface area contributed by atoms with Crippen LogP contribution >= 0.6 is 11.6 Å². The first kappa shape index (κ1) is 20.6. The van der Waals surface area contributed by atoms with Crippen molar-refractivity contribution in [1.29, 1.82) is 0 Å². The zero-order valence-electron chi connectivity index (χ0n) is 16.4. The third-order valence-electron chi connectivity index (χ3n) is 5.46. The Morgan fingerprint density at radius 2 is 1.70 bits per heavy atom. The lowest BCUT2D eigenvalue weighted by Gasteiger charge is -2.27. The number of carbonyl (C=O) groups is 1. The van der Waals surface area contributed by atoms with Gasteiger partial charge in [-0.1, -0.05) is 24.4 Å². The monoisotopic (exact) mass is 444 g/mol. The van der Waals surface area contributed by atoms with E-state index in [1.807, 2.05) is 6.92 Å². The molecule has 1 fully saturated rings. The van der Waals surface area contributed by atoms with Crippen LogP contribution in [0, 0.1) is 6.92 Å². The van der Waals surface area contributed by atoms with Gasteiger partial charge < -0.3 is 5.32 Å². The minimum absolute atomic E-state index is 0.110. The van der Waals surface area contributed by atoms with Gasteiger partial charge in [-0.3, -0.25) is 9.89 Å². The van der Waals surface area contributed by atoms with Crippen LogP contribution < -0.4 is 5.32 Å². The van der Waals surface area contributed by atoms with Gasteiger partial charge in [0.2, 0.25) is 5.91 Å². The summed E-state index contributed by atoms with van der Waals surface area (Å²) in [7, 11) is -3.88. The molecule has 2 N–H and O–H groups in total. The normalized spacial score (nSPS) is 15.8. The summed E-state index contributed by atoms with van der Waals surface area (Å²) in [6.07, 6.45) is 1.95. The van der Waals surface area contributed by atoms with Gasteiger partial charge in [-0.2, -0.15) is 5.10 Å². The van der Waals surface area contributed by atoms with Gasteiger partial charge >= 0.3 is 0 Å². The first-order valence-corrected chi connectivity index (χ1v) is 11.5. The molecule has 0 atom stereocenters. The van der Waals surface area contributed by atoms with E-state index >= 15 is 0 Å². The van der Waals surface area contributed by atoms with E-state index < -0.39 is 20.5 Å². The van der Waals surface area contributed by atoms with Gasteiger partial charge in [-0.15, -0.1) is 0 Å². The first-order valence-electron chi connectivity index (χ1n) is 9.63. The fourth-order valence-corrected chi connectivity index (χ4v) is 6.02. The quantitative estimate of drug-likeness (QED) is 0.614. The minimum atomic E-state index is -3.88. The number of anilines is 1. The highest BCUT2D eigenvalue weighted by atomic mass is 35.5. The molecule has 1 saturated carbocycles. The molecule has 0 saturated heterocycles. The number of benzene rings is 2. The Balaban J connectivity index is 1.60. The number of carbonyl (C=O) groups excluding carboxylic acids is 1. The van der Waals surface area contributed by atoms with Crippen molar-refractivity contribution in [1.82, 2.24) is 15.2 Å². The molecule has 1 aromatic heterocycles. The molecule has 1 aliphatic rings. The van der Waals surface area contributed by atoms with Gasteiger partial charge in [0.25, 0.3) is 0 Å². The van der Waals surface area contributed by atoms with E-state index in [1.54, 1.807) is 24.3 Å². The van der Waals surface area contributed by atoms with E-state index in [9.17, 15) is 13.2 Å². The van der Waals surface area contributed by atoms with Crippen LogP contribution in [0.3, 0.4) is 0 Å². The smallest absolute Gasteiger partial charge is 0.246 e. The molecule has 156 valence electrons. The number of aromatic nitrogens is 3. The van der Waals surface area contributed by atoms with E-state index in [1.165, 1.54) is 24.3 Å². The summed E-state index contributed by atoms with van der Waals surface area (Å²) in [5, 5.41) is 10.1. The molecular weight excluding hydrogens is 424 g/mol. The third kappa shape index (κ3) is 3.61. The average Bonchev–Trinajstić information content (AvgIpc) is 3.39. The fourth-order valence-electron chi connectivity index (χ4n) is 3.82. The molecule has 30 heavy (non-hydrogen) atoms. The largest absolute Gasteiger partial charge is 0.325 e. The second-order valence-corrected chi connectivity index (χ2v) is 10.1. The minimum Gasteiger partial charge on any atom is -0.325 e. The number of aromatic amines is 1. The lowest BCUT2D eigenvalue weighted by Crippen LogP contribution is -2.47. The van der Waals surface area contributed by atoms with Crippen molar-refractivity contribution in [2.24, 2.45) is 0 Å². The number of nitrogens with zero attached hydrogens (tertiary/aromatic N) is 2. The van der Waals surface area contributed by atoms with Crippen LogP contribution in [0.25, 0.3) is 11.4 Å². The van der Waals surface area contributed by atoms with Gasteiger partial charge in [0, 0.05) is 16.3 Å². The Bertz CT molecular complexity index is 1170. The van der Waals surface area contributed by atoms with E-state index in [2.05, 4.69) is 20.5 Å². The number of H-pyrrole nitrogens is 1. The summed E-state index contributed by atoms with van der Waals surface area (Å²) in [4.78, 5) is 17.6. The van der Waals surface area contributed by atoms with Crippen LogP contribution in [0.4, 0.5) is 5.69 Å². The van der Waals surface area contributed by atoms with Gasteiger partial charge in [0.15, 0.2) is 20.4 Å². The van der Waals surface area contributed by atoms with Crippen LogP contribution in [0.2, 0.25) is 5.02 Å². The van der Waals surface area contributed by atoms with Crippen molar-refractivity contribution < 1.29 is 13.2 Å². The molecule has 1 aliphatic carbocycles. The van der Waals surface area contributed by atoms with Gasteiger partial charge in [0.05, 0.1) is 4.90 Å². The maximum atomic E-state index is 13.4. The number of sulfone groups is 1. The summed E-state index contributed by atoms with van der Waals surface area (Å²) in [5.74, 6) is 0.761. The molecular formula is C21H21ClN4O3S. The highest BCUT2D eigenvalue weighted by Gasteiger charge is 2.52. The second-order valence-electron chi connectivity index (χ2n) is 7.43. The average molecular weight is 445 g/mol. The number of amides is 1. The van der Waals surface area contributed by atoms with Crippen molar-refractivity contribution >= 4 is 33.0 Å². The summed E-state index contributed by atoms with van der Waals surface area (Å²) >= 11 is 5.90. The summed E-state index contributed by atoms with van der Waals surface area (Å²) in [6, 6.07) is 13.0. The van der Waals surface area contributed by atoms with Crippen LogP contribution in [-0.4, -0.2) is 34.3 Å². The van der Waals surface area contributed by atoms with Gasteiger partial charge in [0.1, 0.15) is 5.82 Å². The van der Waals surface area contributed by atoms with E-state index in [0.29, 0.717) is 48.0 Å². The highest BCUT2D eigenvalue weighted by Crippen LogP contribution is 2.41. The predicted octanol–water partition coefficient (Wildman–Crippen LogP) is 4.16. The summed E-state index contributed by atoms with van der Waals surface area (Å²) in [5.41, 5.74) is 1.32. The molecule has 1 amide bonds. The Kier molecular flexibility index (Phi) is 5.38. The fraction of sp³-hybridized carbons (Fsp3) is 0.286. The van der Waals surface area contributed by atoms with E-state index in [-0.39, 0.29) is 4.90 Å². The van der Waals surface area contributed by atoms with Crippen molar-refractivity contribution in [3.63, 3.8) is 0 Å². The van der Waals surface area contributed by atoms with E-state index in [0.717, 1.165) is 5.56 Å². The predicted molar refractivity (Wildman–Crippen MR) is 115 cm³/mol. The number of nitrogens with one attached hydrogen (secondary N) is 2. The van der Waals surface area contributed by atoms with Crippen molar-refractivity contribution in [3.8, 4) is 11.4 Å². The number of hydrogen-bond donors (Lipinski definition) is 2. The zero-order valence-corrected chi connectivity index (χ0v) is 17.9. The first-order chi connectivity index (χ1) is 14.3. The SMILES string of the molecule is Cc1nc(-c2ccc(NC(=O)C3(S(=O)(=O)c4ccc(Cl)cc4)CCCC3)cc2)n[nH]1. The molecule has 7 nitrogen and oxygen atoms in total. The van der Waals surface area contributed by atoms with Crippen LogP contribution in [0.15, 0.2) is 53.4 Å². The lowest BCUT2D eigenvalue weighted by atomic mass is 10.1. The third-order valence-corrected chi connectivity index (χ3v) is 8.23. The molecule has 0 spiro atoms. The van der Waals surface area contributed by atoms with Gasteiger partial charge in [-0.05, 0) is 68.3 Å². The van der Waals surface area contributed by atoms with Crippen molar-refractivity contribution in [2.75, 3.05) is 5.32 Å². The standard InChI is InChI=1S/C21H21ClN4O3S/c1-14-23-19(26-25-14)15-4-8-17(9-5-15)24-20(27)21(12-2-3-13-21)30(28,29)18-10-6-16(22)7-11-18/h4-11H,2-3,12-13H2,1H3,(H,24,27)(H,23,25,26). The summed E-state index contributed by atoms with van der Waals surface area (Å²) in [6.45, 7) is 1.81. The molecule has 0 radical (unpaired) electrons. The molecule has 1 heterocycles. The second kappa shape index (κ2) is 7.85.